The van der Waals surface area contributed by atoms with Crippen LogP contribution in [0.15, 0.2) is 42.5 Å². The van der Waals surface area contributed by atoms with Gasteiger partial charge in [-0.3, -0.25) is 14.4 Å². The molecule has 27 heavy (non-hydrogen) atoms. The topological polar surface area (TPSA) is 75.7 Å². The molecule has 0 saturated carbocycles. The van der Waals surface area contributed by atoms with E-state index in [9.17, 15) is 14.4 Å². The van der Waals surface area contributed by atoms with E-state index in [1.807, 2.05) is 32.0 Å². The highest BCUT2D eigenvalue weighted by Crippen LogP contribution is 2.28. The van der Waals surface area contributed by atoms with E-state index in [4.69, 9.17) is 4.74 Å². The molecule has 6 heteroatoms. The lowest BCUT2D eigenvalue weighted by atomic mass is 10.1. The zero-order chi connectivity index (χ0) is 19.6. The second-order valence-corrected chi connectivity index (χ2v) is 6.73. The molecule has 1 atom stereocenters. The first-order valence-electron chi connectivity index (χ1n) is 8.83. The molecule has 1 N–H and O–H groups in total. The van der Waals surface area contributed by atoms with Gasteiger partial charge in [-0.2, -0.15) is 0 Å². The van der Waals surface area contributed by atoms with Gasteiger partial charge >= 0.3 is 5.97 Å². The Labute approximate surface area is 158 Å². The highest BCUT2D eigenvalue weighted by atomic mass is 16.5. The number of hydrogen-bond donors (Lipinski definition) is 1. The summed E-state index contributed by atoms with van der Waals surface area (Å²) in [5.74, 6) is -1.44. The third kappa shape index (κ3) is 4.16. The van der Waals surface area contributed by atoms with Gasteiger partial charge in [-0.05, 0) is 67.8 Å². The Morgan fingerprint density at radius 2 is 1.78 bits per heavy atom. The first-order valence-corrected chi connectivity index (χ1v) is 8.83. The number of ether oxygens (including phenoxy) is 1. The fourth-order valence-electron chi connectivity index (χ4n) is 3.05. The molecule has 1 aliphatic rings. The lowest BCUT2D eigenvalue weighted by molar-refractivity contribution is -0.142. The van der Waals surface area contributed by atoms with Gasteiger partial charge in [0.15, 0.2) is 0 Å². The first kappa shape index (κ1) is 18.6. The summed E-state index contributed by atoms with van der Waals surface area (Å²) in [7, 11) is 0. The summed E-state index contributed by atoms with van der Waals surface area (Å²) < 4.78 is 5.36. The summed E-state index contributed by atoms with van der Waals surface area (Å²) in [4.78, 5) is 37.8. The van der Waals surface area contributed by atoms with E-state index < -0.39 is 11.9 Å². The van der Waals surface area contributed by atoms with Crippen molar-refractivity contribution in [3.63, 3.8) is 0 Å². The highest BCUT2D eigenvalue weighted by Gasteiger charge is 2.39. The summed E-state index contributed by atoms with van der Waals surface area (Å²) in [6.07, 6.45) is 0.425. The summed E-state index contributed by atoms with van der Waals surface area (Å²) in [6.45, 7) is 5.92. The number of hydrogen-bond acceptors (Lipinski definition) is 4. The number of rotatable bonds is 4. The van der Waals surface area contributed by atoms with Gasteiger partial charge in [0, 0.05) is 24.8 Å². The van der Waals surface area contributed by atoms with Crippen LogP contribution in [0, 0.1) is 19.8 Å². The van der Waals surface area contributed by atoms with E-state index in [1.165, 1.54) is 6.92 Å². The smallest absolute Gasteiger partial charge is 0.323 e. The van der Waals surface area contributed by atoms with Crippen LogP contribution in [0.2, 0.25) is 0 Å². The van der Waals surface area contributed by atoms with Crippen LogP contribution in [0.25, 0.3) is 0 Å². The molecule has 0 aliphatic carbocycles. The molecule has 0 radical (unpaired) electrons. The Morgan fingerprint density at radius 1 is 1.07 bits per heavy atom. The Morgan fingerprint density at radius 3 is 2.41 bits per heavy atom. The molecule has 6 nitrogen and oxygen atoms in total. The Balaban J connectivity index is 1.66. The van der Waals surface area contributed by atoms with E-state index in [0.717, 1.165) is 16.8 Å². The fraction of sp³-hybridized carbons (Fsp3) is 0.286. The zero-order valence-electron chi connectivity index (χ0n) is 15.6. The average molecular weight is 366 g/mol. The number of amides is 2. The standard InChI is InChI=1S/C21H22N2O4/c1-13-4-7-17(12-14(13)2)23-11-10-19(20(23)25)21(26)27-18-8-5-16(6-9-18)22-15(3)24/h4-9,12,19H,10-11H2,1-3H3,(H,22,24). The second kappa shape index (κ2) is 7.61. The Bertz CT molecular complexity index is 890. The molecule has 2 amide bonds. The lowest BCUT2D eigenvalue weighted by Crippen LogP contribution is -2.32. The zero-order valence-corrected chi connectivity index (χ0v) is 15.6. The van der Waals surface area contributed by atoms with E-state index in [1.54, 1.807) is 29.2 Å². The minimum absolute atomic E-state index is 0.178. The summed E-state index contributed by atoms with van der Waals surface area (Å²) in [5.41, 5.74) is 3.67. The number of aryl methyl sites for hydroxylation is 2. The molecule has 0 bridgehead atoms. The van der Waals surface area contributed by atoms with Crippen LogP contribution in [-0.4, -0.2) is 24.3 Å². The van der Waals surface area contributed by atoms with Gasteiger partial charge in [0.1, 0.15) is 11.7 Å². The number of nitrogens with zero attached hydrogens (tertiary/aromatic N) is 1. The third-order valence-corrected chi connectivity index (χ3v) is 4.69. The summed E-state index contributed by atoms with van der Waals surface area (Å²) in [6, 6.07) is 12.3. The largest absolute Gasteiger partial charge is 0.426 e. The van der Waals surface area contributed by atoms with Crippen molar-refractivity contribution in [2.75, 3.05) is 16.8 Å². The van der Waals surface area contributed by atoms with Crippen LogP contribution in [0.5, 0.6) is 5.75 Å². The molecule has 1 fully saturated rings. The molecule has 2 aromatic carbocycles. The molecule has 1 heterocycles. The predicted octanol–water partition coefficient (Wildman–Crippen LogP) is 3.22. The molecule has 3 rings (SSSR count). The van der Waals surface area contributed by atoms with Crippen molar-refractivity contribution in [2.24, 2.45) is 5.92 Å². The van der Waals surface area contributed by atoms with Crippen molar-refractivity contribution in [2.45, 2.75) is 27.2 Å². The number of carbonyl (C=O) groups is 3. The van der Waals surface area contributed by atoms with Crippen molar-refractivity contribution in [1.82, 2.24) is 0 Å². The van der Waals surface area contributed by atoms with Gasteiger partial charge in [-0.15, -0.1) is 0 Å². The second-order valence-electron chi connectivity index (χ2n) is 6.73. The minimum atomic E-state index is -0.804. The van der Waals surface area contributed by atoms with Crippen molar-refractivity contribution < 1.29 is 19.1 Å². The van der Waals surface area contributed by atoms with Gasteiger partial charge < -0.3 is 15.0 Å². The number of nitrogens with one attached hydrogen (secondary N) is 1. The minimum Gasteiger partial charge on any atom is -0.426 e. The Hall–Kier alpha value is -3.15. The van der Waals surface area contributed by atoms with E-state index in [-0.39, 0.29) is 11.8 Å². The van der Waals surface area contributed by atoms with E-state index in [0.29, 0.717) is 24.4 Å². The Kier molecular flexibility index (Phi) is 5.26. The first-order chi connectivity index (χ1) is 12.8. The quantitative estimate of drug-likeness (QED) is 0.512. The van der Waals surface area contributed by atoms with Crippen LogP contribution in [0.1, 0.15) is 24.5 Å². The molecule has 0 aromatic heterocycles. The van der Waals surface area contributed by atoms with Crippen LogP contribution < -0.4 is 15.0 Å². The molecular formula is C21H22N2O4. The molecule has 1 unspecified atom stereocenters. The van der Waals surface area contributed by atoms with Crippen LogP contribution in [0.4, 0.5) is 11.4 Å². The van der Waals surface area contributed by atoms with Gasteiger partial charge in [0.2, 0.25) is 11.8 Å². The molecule has 0 spiro atoms. The van der Waals surface area contributed by atoms with Crippen LogP contribution in [-0.2, 0) is 14.4 Å². The van der Waals surface area contributed by atoms with Crippen LogP contribution in [0.3, 0.4) is 0 Å². The maximum atomic E-state index is 12.7. The van der Waals surface area contributed by atoms with Crippen LogP contribution >= 0.6 is 0 Å². The van der Waals surface area contributed by atoms with Gasteiger partial charge in [0.05, 0.1) is 0 Å². The maximum absolute atomic E-state index is 12.7. The molecule has 1 saturated heterocycles. The molecule has 140 valence electrons. The van der Waals surface area contributed by atoms with Gasteiger partial charge in [-0.1, -0.05) is 6.07 Å². The highest BCUT2D eigenvalue weighted by molar-refractivity contribution is 6.08. The normalized spacial score (nSPS) is 16.3. The van der Waals surface area contributed by atoms with E-state index >= 15 is 0 Å². The van der Waals surface area contributed by atoms with E-state index in [2.05, 4.69) is 5.32 Å². The molecular weight excluding hydrogens is 344 g/mol. The number of carbonyl (C=O) groups excluding carboxylic acids is 3. The maximum Gasteiger partial charge on any atom is 0.323 e. The van der Waals surface area contributed by atoms with Crippen molar-refractivity contribution >= 4 is 29.2 Å². The number of esters is 1. The third-order valence-electron chi connectivity index (χ3n) is 4.69. The molecule has 2 aromatic rings. The fourth-order valence-corrected chi connectivity index (χ4v) is 3.05. The van der Waals surface area contributed by atoms with Crippen molar-refractivity contribution in [3.8, 4) is 5.75 Å². The molecule has 1 aliphatic heterocycles. The van der Waals surface area contributed by atoms with Gasteiger partial charge in [-0.25, -0.2) is 0 Å². The lowest BCUT2D eigenvalue weighted by Gasteiger charge is -2.18. The SMILES string of the molecule is CC(=O)Nc1ccc(OC(=O)C2CCN(c3ccc(C)c(C)c3)C2=O)cc1. The van der Waals surface area contributed by atoms with Crippen molar-refractivity contribution in [3.05, 3.63) is 53.6 Å². The van der Waals surface area contributed by atoms with Crippen molar-refractivity contribution in [1.29, 1.82) is 0 Å². The van der Waals surface area contributed by atoms with Gasteiger partial charge in [0.25, 0.3) is 0 Å². The number of anilines is 2. The summed E-state index contributed by atoms with van der Waals surface area (Å²) >= 11 is 0. The summed E-state index contributed by atoms with van der Waals surface area (Å²) in [5, 5.41) is 2.64. The number of benzene rings is 2. The average Bonchev–Trinajstić information content (AvgIpc) is 3.00. The predicted molar refractivity (Wildman–Crippen MR) is 103 cm³/mol. The monoisotopic (exact) mass is 366 g/mol.